The predicted molar refractivity (Wildman–Crippen MR) is 51.2 cm³/mol. The van der Waals surface area contributed by atoms with Crippen LogP contribution in [0, 0.1) is 0 Å². The van der Waals surface area contributed by atoms with E-state index in [2.05, 4.69) is 0 Å². The van der Waals surface area contributed by atoms with Crippen LogP contribution in [0.3, 0.4) is 0 Å². The molecule has 0 saturated heterocycles. The van der Waals surface area contributed by atoms with Crippen LogP contribution in [0.25, 0.3) is 0 Å². The fourth-order valence-corrected chi connectivity index (χ4v) is 2.05. The molecule has 1 aromatic rings. The van der Waals surface area contributed by atoms with Crippen molar-refractivity contribution in [2.75, 3.05) is 0 Å². The summed E-state index contributed by atoms with van der Waals surface area (Å²) in [5, 5.41) is 10.0. The van der Waals surface area contributed by atoms with Gasteiger partial charge in [0.15, 0.2) is 0 Å². The monoisotopic (exact) mass is 275 g/mol. The van der Waals surface area contributed by atoms with Gasteiger partial charge in [-0.3, -0.25) is 10.0 Å². The van der Waals surface area contributed by atoms with Crippen molar-refractivity contribution in [3.63, 3.8) is 0 Å². The van der Waals surface area contributed by atoms with Crippen LogP contribution in [0.2, 0.25) is 0 Å². The summed E-state index contributed by atoms with van der Waals surface area (Å²) in [4.78, 5) is 11.3. The maximum absolute atomic E-state index is 11.3. The van der Waals surface area contributed by atoms with E-state index in [0.29, 0.717) is 5.56 Å². The molecule has 1 aromatic carbocycles. The van der Waals surface area contributed by atoms with E-state index >= 15 is 0 Å². The molecule has 0 fully saturated rings. The van der Waals surface area contributed by atoms with Crippen molar-refractivity contribution < 1.29 is 10.0 Å². The van der Waals surface area contributed by atoms with Gasteiger partial charge in [0.1, 0.15) is 4.05 Å². The second-order valence-corrected chi connectivity index (χ2v) is 3.75. The minimum Gasteiger partial charge on any atom is -0.284 e. The van der Waals surface area contributed by atoms with E-state index in [1.54, 1.807) is 12.1 Å². The summed E-state index contributed by atoms with van der Waals surface area (Å²) in [5.74, 6) is -0.315. The number of alkyl halides is 1. The highest BCUT2D eigenvalue weighted by molar-refractivity contribution is 14.1. The van der Waals surface area contributed by atoms with Crippen LogP contribution in [-0.4, -0.2) is 16.2 Å². The number of halogens is 1. The number of rotatable bonds is 0. The van der Waals surface area contributed by atoms with E-state index in [9.17, 15) is 10.0 Å². The minimum absolute atomic E-state index is 0.244. The van der Waals surface area contributed by atoms with Gasteiger partial charge in [0.05, 0.1) is 0 Å². The molecule has 1 aliphatic heterocycles. The number of amides is 1. The van der Waals surface area contributed by atoms with E-state index in [4.69, 9.17) is 0 Å². The molecule has 0 aliphatic carbocycles. The average molecular weight is 275 g/mol. The van der Waals surface area contributed by atoms with Gasteiger partial charge in [-0.25, -0.2) is 5.06 Å². The molecule has 0 spiro atoms. The van der Waals surface area contributed by atoms with Gasteiger partial charge >= 0.3 is 0 Å². The van der Waals surface area contributed by atoms with Gasteiger partial charge in [-0.1, -0.05) is 40.8 Å². The largest absolute Gasteiger partial charge is 0.284 e. The van der Waals surface area contributed by atoms with Crippen LogP contribution < -0.4 is 0 Å². The van der Waals surface area contributed by atoms with E-state index in [1.165, 1.54) is 0 Å². The lowest BCUT2D eigenvalue weighted by molar-refractivity contribution is -0.0565. The molecule has 1 amide bonds. The lowest BCUT2D eigenvalue weighted by Gasteiger charge is -2.10. The van der Waals surface area contributed by atoms with Gasteiger partial charge in [0, 0.05) is 5.56 Å². The molecule has 0 bridgehead atoms. The number of benzene rings is 1. The van der Waals surface area contributed by atoms with E-state index in [-0.39, 0.29) is 9.96 Å². The molecular weight excluding hydrogens is 269 g/mol. The third-order valence-electron chi connectivity index (χ3n) is 1.87. The van der Waals surface area contributed by atoms with E-state index in [1.807, 2.05) is 34.7 Å². The molecule has 1 aliphatic rings. The van der Waals surface area contributed by atoms with Crippen molar-refractivity contribution in [2.24, 2.45) is 0 Å². The van der Waals surface area contributed by atoms with Gasteiger partial charge in [-0.05, 0) is 11.6 Å². The summed E-state index contributed by atoms with van der Waals surface area (Å²) in [6.45, 7) is 0. The van der Waals surface area contributed by atoms with Crippen molar-refractivity contribution in [3.05, 3.63) is 35.4 Å². The summed E-state index contributed by atoms with van der Waals surface area (Å²) >= 11 is 2.02. The molecule has 1 atom stereocenters. The smallest absolute Gasteiger partial charge is 0.278 e. The molecule has 4 heteroatoms. The first kappa shape index (κ1) is 8.00. The number of nitrogens with zero attached hydrogens (tertiary/aromatic N) is 1. The second kappa shape index (κ2) is 2.70. The Bertz CT molecular complexity index is 340. The highest BCUT2D eigenvalue weighted by atomic mass is 127. The standard InChI is InChI=1S/C8H6INO2/c9-7-5-3-1-2-4-6(5)8(11)10(7)12/h1-4,7,12H. The predicted octanol–water partition coefficient (Wildman–Crippen LogP) is 1.97. The van der Waals surface area contributed by atoms with Crippen LogP contribution >= 0.6 is 22.6 Å². The Balaban J connectivity index is 2.59. The van der Waals surface area contributed by atoms with Gasteiger partial charge in [0.2, 0.25) is 0 Å². The molecule has 1 N–H and O–H groups in total. The number of hydrogen-bond acceptors (Lipinski definition) is 2. The maximum atomic E-state index is 11.3. The Morgan fingerprint density at radius 1 is 1.42 bits per heavy atom. The highest BCUT2D eigenvalue weighted by Crippen LogP contribution is 2.36. The summed E-state index contributed by atoms with van der Waals surface area (Å²) < 4.78 is -0.244. The molecule has 3 nitrogen and oxygen atoms in total. The van der Waals surface area contributed by atoms with Crippen molar-refractivity contribution in [3.8, 4) is 0 Å². The van der Waals surface area contributed by atoms with Crippen molar-refractivity contribution in [1.82, 2.24) is 5.06 Å². The summed E-state index contributed by atoms with van der Waals surface area (Å²) in [6.07, 6.45) is 0. The zero-order valence-electron chi connectivity index (χ0n) is 6.07. The topological polar surface area (TPSA) is 40.5 Å². The van der Waals surface area contributed by atoms with Crippen molar-refractivity contribution in [1.29, 1.82) is 0 Å². The molecule has 0 saturated carbocycles. The summed E-state index contributed by atoms with van der Waals surface area (Å²) in [6, 6.07) is 7.22. The Hall–Kier alpha value is -0.620. The lowest BCUT2D eigenvalue weighted by atomic mass is 10.1. The lowest BCUT2D eigenvalue weighted by Crippen LogP contribution is -2.20. The Kier molecular flexibility index (Phi) is 1.80. The van der Waals surface area contributed by atoms with Crippen LogP contribution in [-0.2, 0) is 0 Å². The normalized spacial score (nSPS) is 21.3. The first-order valence-electron chi connectivity index (χ1n) is 3.47. The number of carbonyl (C=O) groups is 1. The molecule has 62 valence electrons. The number of carbonyl (C=O) groups excluding carboxylic acids is 1. The Morgan fingerprint density at radius 3 is 2.75 bits per heavy atom. The number of hydroxylamine groups is 2. The zero-order chi connectivity index (χ0) is 8.72. The Morgan fingerprint density at radius 2 is 2.08 bits per heavy atom. The maximum Gasteiger partial charge on any atom is 0.278 e. The van der Waals surface area contributed by atoms with Crippen LogP contribution in [0.5, 0.6) is 0 Å². The molecule has 0 aromatic heterocycles. The fourth-order valence-electron chi connectivity index (χ4n) is 1.26. The number of fused-ring (bicyclic) bond motifs is 1. The minimum atomic E-state index is -0.315. The molecule has 2 rings (SSSR count). The van der Waals surface area contributed by atoms with Crippen LogP contribution in [0.4, 0.5) is 0 Å². The summed E-state index contributed by atoms with van der Waals surface area (Å²) in [7, 11) is 0. The highest BCUT2D eigenvalue weighted by Gasteiger charge is 2.33. The Labute approximate surface area is 83.1 Å². The third kappa shape index (κ3) is 0.947. The van der Waals surface area contributed by atoms with Crippen molar-refractivity contribution in [2.45, 2.75) is 4.05 Å². The van der Waals surface area contributed by atoms with E-state index in [0.717, 1.165) is 10.6 Å². The molecule has 1 unspecified atom stereocenters. The number of hydrogen-bond donors (Lipinski definition) is 1. The van der Waals surface area contributed by atoms with Gasteiger partial charge in [-0.15, -0.1) is 0 Å². The van der Waals surface area contributed by atoms with Gasteiger partial charge in [-0.2, -0.15) is 0 Å². The van der Waals surface area contributed by atoms with Crippen LogP contribution in [0.15, 0.2) is 24.3 Å². The first-order valence-corrected chi connectivity index (χ1v) is 4.72. The molecular formula is C8H6INO2. The average Bonchev–Trinajstić information content (AvgIpc) is 2.33. The fraction of sp³-hybridized carbons (Fsp3) is 0.125. The van der Waals surface area contributed by atoms with Crippen molar-refractivity contribution >= 4 is 28.5 Å². The first-order chi connectivity index (χ1) is 5.72. The SMILES string of the molecule is O=C1c2ccccc2C(I)N1O. The molecule has 1 heterocycles. The van der Waals surface area contributed by atoms with Gasteiger partial charge in [0.25, 0.3) is 5.91 Å². The zero-order valence-corrected chi connectivity index (χ0v) is 8.22. The third-order valence-corrected chi connectivity index (χ3v) is 3.07. The van der Waals surface area contributed by atoms with Crippen LogP contribution in [0.1, 0.15) is 20.0 Å². The molecule has 12 heavy (non-hydrogen) atoms. The van der Waals surface area contributed by atoms with Gasteiger partial charge < -0.3 is 0 Å². The molecule has 0 radical (unpaired) electrons. The van der Waals surface area contributed by atoms with E-state index < -0.39 is 0 Å². The quantitative estimate of drug-likeness (QED) is 0.340. The summed E-state index contributed by atoms with van der Waals surface area (Å²) in [5.41, 5.74) is 1.48. The second-order valence-electron chi connectivity index (χ2n) is 2.57.